The highest BCUT2D eigenvalue weighted by molar-refractivity contribution is 8.00. The van der Waals surface area contributed by atoms with Crippen molar-refractivity contribution in [3.8, 4) is 6.07 Å². The Bertz CT molecular complexity index is 1240. The molecule has 3 rings (SSSR count). The summed E-state index contributed by atoms with van der Waals surface area (Å²) in [4.78, 5) is 29.0. The summed E-state index contributed by atoms with van der Waals surface area (Å²) in [5, 5.41) is 11.0. The van der Waals surface area contributed by atoms with E-state index in [0.29, 0.717) is 16.8 Å². The number of nitriles is 1. The lowest BCUT2D eigenvalue weighted by molar-refractivity contribution is -0.138. The minimum atomic E-state index is -4.74. The van der Waals surface area contributed by atoms with E-state index in [0.717, 1.165) is 17.8 Å². The largest absolute Gasteiger partial charge is 0.417 e. The molecule has 1 unspecified atom stereocenters. The smallest absolute Gasteiger partial charge is 0.325 e. The predicted octanol–water partition coefficient (Wildman–Crippen LogP) is 5.96. The number of rotatable bonds is 6. The number of nitrogens with zero attached hydrogens (tertiary/aromatic N) is 2. The zero-order valence-corrected chi connectivity index (χ0v) is 18.4. The highest BCUT2D eigenvalue weighted by Gasteiger charge is 2.36. The number of ketones is 1. The van der Waals surface area contributed by atoms with Crippen molar-refractivity contribution < 1.29 is 22.8 Å². The molecular formula is C24H18F3N3O2S. The number of hydrogen-bond acceptors (Lipinski definition) is 5. The summed E-state index contributed by atoms with van der Waals surface area (Å²) < 4.78 is 40.5. The maximum atomic E-state index is 13.5. The lowest BCUT2D eigenvalue weighted by Crippen LogP contribution is -2.20. The van der Waals surface area contributed by atoms with Crippen molar-refractivity contribution in [2.45, 2.75) is 30.3 Å². The molecule has 0 aliphatic heterocycles. The van der Waals surface area contributed by atoms with Crippen LogP contribution in [-0.2, 0) is 11.0 Å². The van der Waals surface area contributed by atoms with Gasteiger partial charge in [-0.15, -0.1) is 0 Å². The fourth-order valence-corrected chi connectivity index (χ4v) is 4.25. The van der Waals surface area contributed by atoms with E-state index < -0.39 is 28.5 Å². The first-order valence-corrected chi connectivity index (χ1v) is 10.6. The fraction of sp³-hybridized carbons (Fsp3) is 0.167. The van der Waals surface area contributed by atoms with Gasteiger partial charge in [-0.1, -0.05) is 54.2 Å². The highest BCUT2D eigenvalue weighted by atomic mass is 32.2. The number of anilines is 1. The van der Waals surface area contributed by atoms with Crippen molar-refractivity contribution in [3.05, 3.63) is 88.6 Å². The third-order valence-electron chi connectivity index (χ3n) is 4.64. The number of amides is 1. The lowest BCUT2D eigenvalue weighted by Gasteiger charge is -2.19. The number of pyridine rings is 1. The fourth-order valence-electron chi connectivity index (χ4n) is 3.10. The Hall–Kier alpha value is -3.64. The molecule has 3 aromatic rings. The number of benzene rings is 2. The molecule has 1 amide bonds. The van der Waals surface area contributed by atoms with Gasteiger partial charge in [0.1, 0.15) is 16.3 Å². The quantitative estimate of drug-likeness (QED) is 0.356. The second kappa shape index (κ2) is 9.88. The van der Waals surface area contributed by atoms with Gasteiger partial charge in [0.25, 0.3) is 0 Å². The van der Waals surface area contributed by atoms with E-state index in [4.69, 9.17) is 0 Å². The number of thioether (sulfide) groups is 1. The van der Waals surface area contributed by atoms with Crippen LogP contribution in [-0.4, -0.2) is 16.7 Å². The predicted molar refractivity (Wildman–Crippen MR) is 119 cm³/mol. The molecule has 0 aliphatic carbocycles. The SMILES string of the molecule is CC(=O)c1cccc(NC(=O)C(Sc2nc(C)cc(C(F)(F)F)c2C#N)c2ccccc2)c1. The number of halogens is 3. The number of aryl methyl sites for hydroxylation is 1. The summed E-state index contributed by atoms with van der Waals surface area (Å²) in [6.07, 6.45) is -4.74. The van der Waals surface area contributed by atoms with Gasteiger partial charge < -0.3 is 5.32 Å². The maximum absolute atomic E-state index is 13.5. The summed E-state index contributed by atoms with van der Waals surface area (Å²) in [6, 6.07) is 17.2. The third kappa shape index (κ3) is 5.79. The van der Waals surface area contributed by atoms with Gasteiger partial charge in [-0.2, -0.15) is 18.4 Å². The first-order chi connectivity index (χ1) is 15.6. The van der Waals surface area contributed by atoms with Gasteiger partial charge in [0.2, 0.25) is 5.91 Å². The Morgan fingerprint density at radius 2 is 1.79 bits per heavy atom. The molecule has 168 valence electrons. The van der Waals surface area contributed by atoms with Crippen LogP contribution in [0.4, 0.5) is 18.9 Å². The molecule has 0 saturated carbocycles. The maximum Gasteiger partial charge on any atom is 0.417 e. The van der Waals surface area contributed by atoms with Crippen LogP contribution in [0.1, 0.15) is 44.9 Å². The van der Waals surface area contributed by atoms with Gasteiger partial charge in [-0.05, 0) is 37.6 Å². The van der Waals surface area contributed by atoms with Gasteiger partial charge in [0.05, 0.1) is 11.1 Å². The monoisotopic (exact) mass is 469 g/mol. The summed E-state index contributed by atoms with van der Waals surface area (Å²) in [5.74, 6) is -0.713. The molecule has 9 heteroatoms. The number of carbonyl (C=O) groups excluding carboxylic acids is 2. The second-order valence-electron chi connectivity index (χ2n) is 7.14. The molecule has 1 aromatic heterocycles. The summed E-state index contributed by atoms with van der Waals surface area (Å²) >= 11 is 0.763. The summed E-state index contributed by atoms with van der Waals surface area (Å²) in [6.45, 7) is 2.79. The van der Waals surface area contributed by atoms with E-state index in [-0.39, 0.29) is 16.5 Å². The van der Waals surface area contributed by atoms with Gasteiger partial charge in [0, 0.05) is 16.9 Å². The molecule has 1 N–H and O–H groups in total. The number of aromatic nitrogens is 1. The Morgan fingerprint density at radius 3 is 2.39 bits per heavy atom. The van der Waals surface area contributed by atoms with E-state index >= 15 is 0 Å². The third-order valence-corrected chi connectivity index (χ3v) is 5.88. The normalized spacial score (nSPS) is 12.0. The molecule has 0 spiro atoms. The number of nitrogens with one attached hydrogen (secondary N) is 1. The molecule has 1 atom stereocenters. The van der Waals surface area contributed by atoms with Crippen LogP contribution in [0.25, 0.3) is 0 Å². The topological polar surface area (TPSA) is 82.8 Å². The van der Waals surface area contributed by atoms with E-state index in [1.54, 1.807) is 54.6 Å². The lowest BCUT2D eigenvalue weighted by atomic mass is 10.1. The minimum Gasteiger partial charge on any atom is -0.325 e. The summed E-state index contributed by atoms with van der Waals surface area (Å²) in [7, 11) is 0. The molecule has 0 bridgehead atoms. The van der Waals surface area contributed by atoms with Gasteiger partial charge in [-0.25, -0.2) is 4.98 Å². The van der Waals surface area contributed by atoms with Crippen LogP contribution in [0, 0.1) is 18.3 Å². The molecule has 0 fully saturated rings. The van der Waals surface area contributed by atoms with Crippen molar-refractivity contribution in [3.63, 3.8) is 0 Å². The van der Waals surface area contributed by atoms with Crippen molar-refractivity contribution in [2.24, 2.45) is 0 Å². The minimum absolute atomic E-state index is 0.0743. The van der Waals surface area contributed by atoms with Crippen LogP contribution >= 0.6 is 11.8 Å². The molecule has 2 aromatic carbocycles. The summed E-state index contributed by atoms with van der Waals surface area (Å²) in [5.41, 5.74) is -0.373. The first kappa shape index (κ1) is 24.0. The molecule has 33 heavy (non-hydrogen) atoms. The Morgan fingerprint density at radius 1 is 1.09 bits per heavy atom. The number of hydrogen-bond donors (Lipinski definition) is 1. The molecule has 0 radical (unpaired) electrons. The highest BCUT2D eigenvalue weighted by Crippen LogP contribution is 2.41. The average Bonchev–Trinajstić information content (AvgIpc) is 2.77. The van der Waals surface area contributed by atoms with Gasteiger partial charge >= 0.3 is 6.18 Å². The zero-order valence-electron chi connectivity index (χ0n) is 17.6. The average molecular weight is 469 g/mol. The molecule has 5 nitrogen and oxygen atoms in total. The van der Waals surface area contributed by atoms with Crippen molar-refractivity contribution in [1.29, 1.82) is 5.26 Å². The standard InChI is InChI=1S/C24H18F3N3O2S/c1-14-11-20(24(25,26)27)19(13-28)23(29-14)33-21(16-7-4-3-5-8-16)22(32)30-18-10-6-9-17(12-18)15(2)31/h3-12,21H,1-2H3,(H,30,32). The number of carbonyl (C=O) groups is 2. The number of Topliss-reactive ketones (excluding diaryl/α,β-unsaturated/α-hetero) is 1. The van der Waals surface area contributed by atoms with Crippen LogP contribution < -0.4 is 5.32 Å². The van der Waals surface area contributed by atoms with Crippen molar-refractivity contribution in [1.82, 2.24) is 4.98 Å². The zero-order chi connectivity index (χ0) is 24.2. The van der Waals surface area contributed by atoms with Gasteiger partial charge in [-0.3, -0.25) is 9.59 Å². The molecule has 1 heterocycles. The van der Waals surface area contributed by atoms with E-state index in [9.17, 15) is 28.0 Å². The van der Waals surface area contributed by atoms with Crippen molar-refractivity contribution >= 4 is 29.1 Å². The van der Waals surface area contributed by atoms with Crippen LogP contribution in [0.15, 0.2) is 65.7 Å². The van der Waals surface area contributed by atoms with Crippen molar-refractivity contribution in [2.75, 3.05) is 5.32 Å². The Kier molecular flexibility index (Phi) is 7.19. The second-order valence-corrected chi connectivity index (χ2v) is 8.23. The van der Waals surface area contributed by atoms with Crippen LogP contribution in [0.3, 0.4) is 0 Å². The van der Waals surface area contributed by atoms with E-state index in [2.05, 4.69) is 10.3 Å². The van der Waals surface area contributed by atoms with Crippen LogP contribution in [0.5, 0.6) is 0 Å². The van der Waals surface area contributed by atoms with Gasteiger partial charge in [0.15, 0.2) is 5.78 Å². The molecular weight excluding hydrogens is 451 g/mol. The van der Waals surface area contributed by atoms with Crippen LogP contribution in [0.2, 0.25) is 0 Å². The Labute approximate surface area is 192 Å². The number of alkyl halides is 3. The van der Waals surface area contributed by atoms with E-state index in [1.165, 1.54) is 19.9 Å². The van der Waals surface area contributed by atoms with E-state index in [1.807, 2.05) is 0 Å². The first-order valence-electron chi connectivity index (χ1n) is 9.72. The molecule has 0 saturated heterocycles. The Balaban J connectivity index is 2.03. The molecule has 0 aliphatic rings.